The van der Waals surface area contributed by atoms with Crippen molar-refractivity contribution in [3.8, 4) is 0 Å². The highest BCUT2D eigenvalue weighted by Gasteiger charge is 2.08. The van der Waals surface area contributed by atoms with Gasteiger partial charge in [-0.25, -0.2) is 9.97 Å². The highest BCUT2D eigenvalue weighted by atomic mass is 15.0. The molecule has 2 heterocycles. The molecule has 90 valence electrons. The van der Waals surface area contributed by atoms with Gasteiger partial charge in [-0.1, -0.05) is 6.92 Å². The van der Waals surface area contributed by atoms with Gasteiger partial charge >= 0.3 is 0 Å². The number of hydrogen-bond donors (Lipinski definition) is 1. The van der Waals surface area contributed by atoms with E-state index in [0.29, 0.717) is 6.42 Å². The average molecular weight is 231 g/mol. The molecule has 0 aliphatic carbocycles. The average Bonchev–Trinajstić information content (AvgIpc) is 2.74. The van der Waals surface area contributed by atoms with E-state index in [1.54, 1.807) is 18.6 Å². The van der Waals surface area contributed by atoms with Crippen molar-refractivity contribution in [3.63, 3.8) is 0 Å². The Morgan fingerprint density at radius 1 is 1.18 bits per heavy atom. The lowest BCUT2D eigenvalue weighted by Gasteiger charge is -2.08. The second kappa shape index (κ2) is 5.43. The molecule has 0 aliphatic heterocycles. The van der Waals surface area contributed by atoms with Gasteiger partial charge in [0, 0.05) is 38.4 Å². The molecule has 0 bridgehead atoms. The van der Waals surface area contributed by atoms with Gasteiger partial charge in [0.05, 0.1) is 12.1 Å². The first-order valence-electron chi connectivity index (χ1n) is 5.81. The molecule has 2 rings (SSSR count). The summed E-state index contributed by atoms with van der Waals surface area (Å²) >= 11 is 0. The number of nitrogens with one attached hydrogen (secondary N) is 1. The molecule has 0 amide bonds. The quantitative estimate of drug-likeness (QED) is 0.849. The van der Waals surface area contributed by atoms with Crippen LogP contribution >= 0.6 is 0 Å². The summed E-state index contributed by atoms with van der Waals surface area (Å²) in [4.78, 5) is 13.0. The molecule has 17 heavy (non-hydrogen) atoms. The summed E-state index contributed by atoms with van der Waals surface area (Å²) < 4.78 is 2.00. The molecule has 2 aromatic rings. The zero-order chi connectivity index (χ0) is 12.1. The Hall–Kier alpha value is -1.91. The molecule has 5 heteroatoms. The molecule has 0 aromatic carbocycles. The fourth-order valence-corrected chi connectivity index (χ4v) is 1.60. The Morgan fingerprint density at radius 2 is 2.00 bits per heavy atom. The summed E-state index contributed by atoms with van der Waals surface area (Å²) in [5, 5.41) is 3.28. The summed E-state index contributed by atoms with van der Waals surface area (Å²) in [5.41, 5.74) is 0.940. The normalized spacial score (nSPS) is 10.5. The third kappa shape index (κ3) is 2.81. The Morgan fingerprint density at radius 3 is 2.71 bits per heavy atom. The molecule has 5 nitrogen and oxygen atoms in total. The lowest BCUT2D eigenvalue weighted by Crippen LogP contribution is -2.08. The SMILES string of the molecule is CCCNc1nccnc1Cc1nccn1C. The van der Waals surface area contributed by atoms with Crippen LogP contribution in [0, 0.1) is 0 Å². The summed E-state index contributed by atoms with van der Waals surface area (Å²) in [7, 11) is 1.98. The van der Waals surface area contributed by atoms with Gasteiger partial charge in [0.1, 0.15) is 11.6 Å². The van der Waals surface area contributed by atoms with Crippen LogP contribution in [0.1, 0.15) is 24.9 Å². The van der Waals surface area contributed by atoms with Crippen molar-refractivity contribution in [2.45, 2.75) is 19.8 Å². The van der Waals surface area contributed by atoms with Crippen molar-refractivity contribution in [2.75, 3.05) is 11.9 Å². The molecule has 2 aromatic heterocycles. The number of rotatable bonds is 5. The standard InChI is InChI=1S/C12H17N5/c1-3-4-15-12-10(13-5-6-16-12)9-11-14-7-8-17(11)2/h5-8H,3-4,9H2,1-2H3,(H,15,16). The van der Waals surface area contributed by atoms with Crippen LogP contribution in [0.15, 0.2) is 24.8 Å². The van der Waals surface area contributed by atoms with Crippen LogP contribution in [0.25, 0.3) is 0 Å². The highest BCUT2D eigenvalue weighted by molar-refractivity contribution is 5.40. The maximum Gasteiger partial charge on any atom is 0.148 e. The number of nitrogens with zero attached hydrogens (tertiary/aromatic N) is 4. The lowest BCUT2D eigenvalue weighted by molar-refractivity contribution is 0.807. The van der Waals surface area contributed by atoms with Gasteiger partial charge in [0.15, 0.2) is 0 Å². The first kappa shape index (κ1) is 11.6. The molecule has 0 atom stereocenters. The number of aryl methyl sites for hydroxylation is 1. The molecular formula is C12H17N5. The second-order valence-electron chi connectivity index (χ2n) is 3.91. The van der Waals surface area contributed by atoms with E-state index in [1.165, 1.54) is 0 Å². The fourth-order valence-electron chi connectivity index (χ4n) is 1.60. The molecule has 0 spiro atoms. The number of aromatic nitrogens is 4. The number of imidazole rings is 1. The van der Waals surface area contributed by atoms with Crippen LogP contribution in [-0.2, 0) is 13.5 Å². The monoisotopic (exact) mass is 231 g/mol. The predicted octanol–water partition coefficient (Wildman–Crippen LogP) is 1.62. The van der Waals surface area contributed by atoms with Crippen LogP contribution in [0.3, 0.4) is 0 Å². The van der Waals surface area contributed by atoms with Gasteiger partial charge in [-0.3, -0.25) is 4.98 Å². The third-order valence-electron chi connectivity index (χ3n) is 2.56. The molecule has 0 fully saturated rings. The van der Waals surface area contributed by atoms with Gasteiger partial charge < -0.3 is 9.88 Å². The zero-order valence-corrected chi connectivity index (χ0v) is 10.2. The molecular weight excluding hydrogens is 214 g/mol. The molecule has 0 saturated heterocycles. The summed E-state index contributed by atoms with van der Waals surface area (Å²) in [5.74, 6) is 1.85. The van der Waals surface area contributed by atoms with Gasteiger partial charge in [-0.15, -0.1) is 0 Å². The second-order valence-corrected chi connectivity index (χ2v) is 3.91. The van der Waals surface area contributed by atoms with Crippen molar-refractivity contribution in [1.29, 1.82) is 0 Å². The molecule has 0 saturated carbocycles. The van der Waals surface area contributed by atoms with E-state index < -0.39 is 0 Å². The Kier molecular flexibility index (Phi) is 3.69. The van der Waals surface area contributed by atoms with E-state index in [0.717, 1.165) is 30.3 Å². The Labute approximate surface area is 101 Å². The maximum absolute atomic E-state index is 4.37. The van der Waals surface area contributed by atoms with E-state index in [-0.39, 0.29) is 0 Å². The van der Waals surface area contributed by atoms with Crippen LogP contribution in [0.4, 0.5) is 5.82 Å². The lowest BCUT2D eigenvalue weighted by atomic mass is 10.2. The third-order valence-corrected chi connectivity index (χ3v) is 2.56. The first-order valence-corrected chi connectivity index (χ1v) is 5.81. The first-order chi connectivity index (χ1) is 8.31. The van der Waals surface area contributed by atoms with E-state index in [4.69, 9.17) is 0 Å². The van der Waals surface area contributed by atoms with Crippen molar-refractivity contribution in [1.82, 2.24) is 19.5 Å². The van der Waals surface area contributed by atoms with Crippen LogP contribution in [-0.4, -0.2) is 26.1 Å². The highest BCUT2D eigenvalue weighted by Crippen LogP contribution is 2.12. The van der Waals surface area contributed by atoms with Crippen molar-refractivity contribution < 1.29 is 0 Å². The summed E-state index contributed by atoms with van der Waals surface area (Å²) in [6, 6.07) is 0. The Bertz CT molecular complexity index is 477. The van der Waals surface area contributed by atoms with Crippen molar-refractivity contribution in [2.24, 2.45) is 7.05 Å². The largest absolute Gasteiger partial charge is 0.369 e. The van der Waals surface area contributed by atoms with Gasteiger partial charge in [-0.2, -0.15) is 0 Å². The Balaban J connectivity index is 2.17. The minimum absolute atomic E-state index is 0.698. The molecule has 1 N–H and O–H groups in total. The predicted molar refractivity (Wildman–Crippen MR) is 66.8 cm³/mol. The zero-order valence-electron chi connectivity index (χ0n) is 10.2. The van der Waals surface area contributed by atoms with Crippen molar-refractivity contribution >= 4 is 5.82 Å². The summed E-state index contributed by atoms with van der Waals surface area (Å²) in [6.45, 7) is 3.04. The van der Waals surface area contributed by atoms with Crippen LogP contribution in [0.2, 0.25) is 0 Å². The summed E-state index contributed by atoms with van der Waals surface area (Å²) in [6.07, 6.45) is 8.92. The molecule has 0 radical (unpaired) electrons. The minimum atomic E-state index is 0.698. The van der Waals surface area contributed by atoms with E-state index in [2.05, 4.69) is 27.2 Å². The van der Waals surface area contributed by atoms with Crippen LogP contribution < -0.4 is 5.32 Å². The fraction of sp³-hybridized carbons (Fsp3) is 0.417. The van der Waals surface area contributed by atoms with Gasteiger partial charge in [-0.05, 0) is 6.42 Å². The number of anilines is 1. The van der Waals surface area contributed by atoms with E-state index >= 15 is 0 Å². The molecule has 0 aliphatic rings. The van der Waals surface area contributed by atoms with Crippen LogP contribution in [0.5, 0.6) is 0 Å². The number of hydrogen-bond acceptors (Lipinski definition) is 4. The smallest absolute Gasteiger partial charge is 0.148 e. The van der Waals surface area contributed by atoms with E-state index in [1.807, 2.05) is 17.8 Å². The van der Waals surface area contributed by atoms with Gasteiger partial charge in [0.25, 0.3) is 0 Å². The molecule has 0 unspecified atom stereocenters. The maximum atomic E-state index is 4.37. The minimum Gasteiger partial charge on any atom is -0.369 e. The van der Waals surface area contributed by atoms with Gasteiger partial charge in [0.2, 0.25) is 0 Å². The topological polar surface area (TPSA) is 55.6 Å². The van der Waals surface area contributed by atoms with E-state index in [9.17, 15) is 0 Å². The van der Waals surface area contributed by atoms with Crippen molar-refractivity contribution in [3.05, 3.63) is 36.3 Å².